The number of aliphatic hydroxyl groups excluding tert-OH is 1. The molecule has 0 radical (unpaired) electrons. The average molecular weight is 261 g/mol. The van der Waals surface area contributed by atoms with Crippen molar-refractivity contribution >= 4 is 11.4 Å². The minimum atomic E-state index is -0.445. The summed E-state index contributed by atoms with van der Waals surface area (Å²) in [7, 11) is 0. The minimum absolute atomic E-state index is 0.0145. The number of nitrogens with zero attached hydrogens (tertiary/aromatic N) is 3. The summed E-state index contributed by atoms with van der Waals surface area (Å²) in [6.45, 7) is 0.283. The van der Waals surface area contributed by atoms with Crippen molar-refractivity contribution in [3.05, 3.63) is 33.9 Å². The van der Waals surface area contributed by atoms with E-state index in [0.29, 0.717) is 17.8 Å². The minimum Gasteiger partial charge on any atom is -0.395 e. The second-order valence-electron chi connectivity index (χ2n) is 4.57. The van der Waals surface area contributed by atoms with Crippen LogP contribution in [-0.4, -0.2) is 29.2 Å². The molecule has 1 fully saturated rings. The molecule has 6 heteroatoms. The van der Waals surface area contributed by atoms with Crippen molar-refractivity contribution in [3.8, 4) is 6.07 Å². The molecule has 1 aromatic carbocycles. The third kappa shape index (κ3) is 2.66. The maximum absolute atomic E-state index is 11.1. The van der Waals surface area contributed by atoms with E-state index in [-0.39, 0.29) is 18.3 Å². The number of benzene rings is 1. The highest BCUT2D eigenvalue weighted by Crippen LogP contribution is 2.35. The Morgan fingerprint density at radius 1 is 1.53 bits per heavy atom. The van der Waals surface area contributed by atoms with Crippen molar-refractivity contribution in [3.63, 3.8) is 0 Å². The zero-order valence-electron chi connectivity index (χ0n) is 10.5. The van der Waals surface area contributed by atoms with E-state index in [2.05, 4.69) is 0 Å². The van der Waals surface area contributed by atoms with Crippen LogP contribution in [0.1, 0.15) is 24.8 Å². The van der Waals surface area contributed by atoms with E-state index in [1.807, 2.05) is 11.0 Å². The van der Waals surface area contributed by atoms with E-state index in [1.54, 1.807) is 0 Å². The molecule has 0 aromatic heterocycles. The van der Waals surface area contributed by atoms with E-state index in [9.17, 15) is 10.1 Å². The van der Waals surface area contributed by atoms with Crippen LogP contribution >= 0.6 is 0 Å². The van der Waals surface area contributed by atoms with Crippen molar-refractivity contribution in [1.82, 2.24) is 0 Å². The molecule has 0 amide bonds. The lowest BCUT2D eigenvalue weighted by molar-refractivity contribution is -0.384. The molecule has 6 nitrogen and oxygen atoms in total. The molecule has 1 aliphatic carbocycles. The third-order valence-corrected chi connectivity index (χ3v) is 3.47. The fourth-order valence-corrected chi connectivity index (χ4v) is 2.28. The van der Waals surface area contributed by atoms with Crippen LogP contribution in [0, 0.1) is 21.4 Å². The van der Waals surface area contributed by atoms with Gasteiger partial charge in [-0.2, -0.15) is 5.26 Å². The molecule has 100 valence electrons. The molecule has 0 saturated heterocycles. The van der Waals surface area contributed by atoms with E-state index in [1.165, 1.54) is 18.2 Å². The van der Waals surface area contributed by atoms with Gasteiger partial charge >= 0.3 is 0 Å². The third-order valence-electron chi connectivity index (χ3n) is 3.47. The van der Waals surface area contributed by atoms with Crippen molar-refractivity contribution < 1.29 is 10.0 Å². The Bertz CT molecular complexity index is 520. The summed E-state index contributed by atoms with van der Waals surface area (Å²) in [5.41, 5.74) is 0.810. The smallest absolute Gasteiger partial charge is 0.292 e. The number of hydrogen-bond acceptors (Lipinski definition) is 5. The van der Waals surface area contributed by atoms with Crippen LogP contribution in [0.2, 0.25) is 0 Å². The summed E-state index contributed by atoms with van der Waals surface area (Å²) in [6.07, 6.45) is 3.03. The fourth-order valence-electron chi connectivity index (χ4n) is 2.28. The number of aliphatic hydroxyl groups is 1. The summed E-state index contributed by atoms with van der Waals surface area (Å²) in [4.78, 5) is 12.5. The van der Waals surface area contributed by atoms with Gasteiger partial charge in [-0.05, 0) is 31.4 Å². The standard InChI is InChI=1S/C13H15N3O3/c14-9-10-4-5-12(16(18)19)13(8-10)15(6-7-17)11-2-1-3-11/h4-5,8,11,17H,1-3,6-7H2. The molecule has 2 rings (SSSR count). The van der Waals surface area contributed by atoms with E-state index >= 15 is 0 Å². The molecule has 0 aliphatic heterocycles. The summed E-state index contributed by atoms with van der Waals surface area (Å²) >= 11 is 0. The highest BCUT2D eigenvalue weighted by atomic mass is 16.6. The second kappa shape index (κ2) is 5.67. The van der Waals surface area contributed by atoms with Gasteiger partial charge in [0.05, 0.1) is 23.2 Å². The van der Waals surface area contributed by atoms with Gasteiger partial charge in [0.25, 0.3) is 5.69 Å². The Hall–Kier alpha value is -2.13. The number of nitriles is 1. The van der Waals surface area contributed by atoms with Crippen LogP contribution in [0.25, 0.3) is 0 Å². The molecule has 1 aromatic rings. The maximum Gasteiger partial charge on any atom is 0.292 e. The highest BCUT2D eigenvalue weighted by molar-refractivity contribution is 5.66. The van der Waals surface area contributed by atoms with Crippen molar-refractivity contribution in [2.45, 2.75) is 25.3 Å². The zero-order valence-corrected chi connectivity index (χ0v) is 10.5. The quantitative estimate of drug-likeness (QED) is 0.645. The predicted octanol–water partition coefficient (Wildman–Crippen LogP) is 1.82. The van der Waals surface area contributed by atoms with Gasteiger partial charge < -0.3 is 10.0 Å². The van der Waals surface area contributed by atoms with E-state index in [4.69, 9.17) is 10.4 Å². The van der Waals surface area contributed by atoms with Crippen LogP contribution < -0.4 is 4.90 Å². The van der Waals surface area contributed by atoms with Crippen LogP contribution in [0.15, 0.2) is 18.2 Å². The molecule has 0 bridgehead atoms. The van der Waals surface area contributed by atoms with Gasteiger partial charge in [0.2, 0.25) is 0 Å². The second-order valence-corrected chi connectivity index (χ2v) is 4.57. The van der Waals surface area contributed by atoms with Crippen LogP contribution in [0.4, 0.5) is 11.4 Å². The Labute approximate surface area is 111 Å². The SMILES string of the molecule is N#Cc1ccc([N+](=O)[O-])c(N(CCO)C2CCC2)c1. The molecular formula is C13H15N3O3. The highest BCUT2D eigenvalue weighted by Gasteiger charge is 2.29. The lowest BCUT2D eigenvalue weighted by atomic mass is 9.90. The first-order valence-electron chi connectivity index (χ1n) is 6.23. The van der Waals surface area contributed by atoms with E-state index in [0.717, 1.165) is 19.3 Å². The Morgan fingerprint density at radius 3 is 2.74 bits per heavy atom. The van der Waals surface area contributed by atoms with Crippen LogP contribution in [-0.2, 0) is 0 Å². The molecule has 0 spiro atoms. The molecule has 0 unspecified atom stereocenters. The molecule has 1 N–H and O–H groups in total. The normalized spacial score (nSPS) is 14.5. The first-order chi connectivity index (χ1) is 9.17. The molecule has 1 aliphatic rings. The maximum atomic E-state index is 11.1. The first-order valence-corrected chi connectivity index (χ1v) is 6.23. The number of anilines is 1. The lowest BCUT2D eigenvalue weighted by Gasteiger charge is -2.38. The van der Waals surface area contributed by atoms with Gasteiger partial charge in [-0.3, -0.25) is 10.1 Å². The van der Waals surface area contributed by atoms with Gasteiger partial charge in [0, 0.05) is 18.7 Å². The largest absolute Gasteiger partial charge is 0.395 e. The zero-order chi connectivity index (χ0) is 13.8. The topological polar surface area (TPSA) is 90.4 Å². The van der Waals surface area contributed by atoms with Crippen molar-refractivity contribution in [1.29, 1.82) is 5.26 Å². The van der Waals surface area contributed by atoms with Gasteiger partial charge in [-0.1, -0.05) is 0 Å². The van der Waals surface area contributed by atoms with Crippen molar-refractivity contribution in [2.75, 3.05) is 18.1 Å². The van der Waals surface area contributed by atoms with Gasteiger partial charge in [-0.15, -0.1) is 0 Å². The number of hydrogen-bond donors (Lipinski definition) is 1. The fraction of sp³-hybridized carbons (Fsp3) is 0.462. The van der Waals surface area contributed by atoms with Gasteiger partial charge in [0.15, 0.2) is 0 Å². The molecule has 1 saturated carbocycles. The summed E-state index contributed by atoms with van der Waals surface area (Å²) in [5.74, 6) is 0. The molecule has 19 heavy (non-hydrogen) atoms. The summed E-state index contributed by atoms with van der Waals surface area (Å²) < 4.78 is 0. The average Bonchev–Trinajstić information content (AvgIpc) is 2.35. The lowest BCUT2D eigenvalue weighted by Crippen LogP contribution is -2.42. The number of nitro groups is 1. The molecule has 0 atom stereocenters. The Kier molecular flexibility index (Phi) is 3.97. The summed E-state index contributed by atoms with van der Waals surface area (Å²) in [6, 6.07) is 6.55. The monoisotopic (exact) mass is 261 g/mol. The van der Waals surface area contributed by atoms with Crippen LogP contribution in [0.5, 0.6) is 0 Å². The summed E-state index contributed by atoms with van der Waals surface area (Å²) in [5, 5.41) is 29.2. The van der Waals surface area contributed by atoms with Gasteiger partial charge in [-0.25, -0.2) is 0 Å². The van der Waals surface area contributed by atoms with Crippen molar-refractivity contribution in [2.24, 2.45) is 0 Å². The number of rotatable bonds is 5. The predicted molar refractivity (Wildman–Crippen MR) is 69.9 cm³/mol. The Balaban J connectivity index is 2.43. The molecule has 0 heterocycles. The first kappa shape index (κ1) is 13.3. The Morgan fingerprint density at radius 2 is 2.26 bits per heavy atom. The number of nitro benzene ring substituents is 1. The van der Waals surface area contributed by atoms with Gasteiger partial charge in [0.1, 0.15) is 5.69 Å². The van der Waals surface area contributed by atoms with Crippen LogP contribution in [0.3, 0.4) is 0 Å². The molecular weight excluding hydrogens is 246 g/mol. The van der Waals surface area contributed by atoms with E-state index < -0.39 is 4.92 Å².